The van der Waals surface area contributed by atoms with Crippen LogP contribution >= 0.6 is 0 Å². The number of anilines is 1. The molecule has 0 fully saturated rings. The van der Waals surface area contributed by atoms with Gasteiger partial charge in [-0.2, -0.15) is 5.10 Å². The van der Waals surface area contributed by atoms with Gasteiger partial charge < -0.3 is 4.98 Å². The first-order valence-corrected chi connectivity index (χ1v) is 7.65. The van der Waals surface area contributed by atoms with Gasteiger partial charge in [0.05, 0.1) is 16.7 Å². The Labute approximate surface area is 139 Å². The molecule has 0 radical (unpaired) electrons. The minimum Gasteiger partial charge on any atom is -0.323 e. The number of nitrogens with zero attached hydrogens (tertiary/aromatic N) is 3. The Morgan fingerprint density at radius 3 is 2.46 bits per heavy atom. The number of hydrogen-bond donors (Lipinski definition) is 2. The van der Waals surface area contributed by atoms with Crippen LogP contribution in [0.1, 0.15) is 11.3 Å². The number of H-pyrrole nitrogens is 1. The molecule has 5 heteroatoms. The van der Waals surface area contributed by atoms with Crippen molar-refractivity contribution in [2.45, 2.75) is 0 Å². The molecule has 0 unspecified atom stereocenters. The third-order valence-electron chi connectivity index (χ3n) is 3.62. The normalized spacial score (nSPS) is 11.6. The summed E-state index contributed by atoms with van der Waals surface area (Å²) in [7, 11) is 0. The third kappa shape index (κ3) is 2.87. The van der Waals surface area contributed by atoms with E-state index in [1.807, 2.05) is 72.8 Å². The molecule has 2 aromatic carbocycles. The predicted octanol–water partition coefficient (Wildman–Crippen LogP) is 3.82. The third-order valence-corrected chi connectivity index (χ3v) is 3.62. The molecule has 0 bridgehead atoms. The Kier molecular flexibility index (Phi) is 3.73. The van der Waals surface area contributed by atoms with Gasteiger partial charge in [0, 0.05) is 11.8 Å². The lowest BCUT2D eigenvalue weighted by Crippen LogP contribution is -2.08. The molecule has 5 nitrogen and oxygen atoms in total. The smallest absolute Gasteiger partial charge is 0.222 e. The van der Waals surface area contributed by atoms with E-state index in [2.05, 4.69) is 25.5 Å². The Balaban J connectivity index is 1.71. The number of hydrogen-bond acceptors (Lipinski definition) is 4. The standard InChI is InChI=1S/C19H15N5/c1-2-8-14(9-3-1)18(17-12-6-7-13-20-17)23-24-19-21-15-10-4-5-11-16(15)22-19/h1-13H,(H2,21,22,24). The fourth-order valence-corrected chi connectivity index (χ4v) is 2.48. The molecule has 24 heavy (non-hydrogen) atoms. The van der Waals surface area contributed by atoms with Crippen molar-refractivity contribution >= 4 is 22.7 Å². The number of imidazole rings is 1. The number of aromatic nitrogens is 3. The molecule has 2 N–H and O–H groups in total. The van der Waals surface area contributed by atoms with Crippen LogP contribution in [0.4, 0.5) is 5.95 Å². The number of aromatic amines is 1. The van der Waals surface area contributed by atoms with E-state index in [9.17, 15) is 0 Å². The summed E-state index contributed by atoms with van der Waals surface area (Å²) in [6.07, 6.45) is 1.76. The van der Waals surface area contributed by atoms with E-state index >= 15 is 0 Å². The molecule has 0 aliphatic carbocycles. The van der Waals surface area contributed by atoms with Crippen LogP contribution in [-0.2, 0) is 0 Å². The van der Waals surface area contributed by atoms with Gasteiger partial charge in [0.2, 0.25) is 5.95 Å². The van der Waals surface area contributed by atoms with E-state index in [1.54, 1.807) is 6.20 Å². The largest absolute Gasteiger partial charge is 0.323 e. The molecule has 2 heterocycles. The average molecular weight is 313 g/mol. The first-order valence-electron chi connectivity index (χ1n) is 7.65. The van der Waals surface area contributed by atoms with Crippen molar-refractivity contribution < 1.29 is 0 Å². The highest BCUT2D eigenvalue weighted by molar-refractivity contribution is 6.11. The van der Waals surface area contributed by atoms with Gasteiger partial charge in [-0.1, -0.05) is 48.5 Å². The highest BCUT2D eigenvalue weighted by Crippen LogP contribution is 2.14. The van der Waals surface area contributed by atoms with Crippen LogP contribution in [0.15, 0.2) is 84.1 Å². The molecule has 0 saturated carbocycles. The quantitative estimate of drug-likeness (QED) is 0.444. The Morgan fingerprint density at radius 1 is 0.875 bits per heavy atom. The second-order valence-electron chi connectivity index (χ2n) is 5.26. The number of benzene rings is 2. The molecular weight excluding hydrogens is 298 g/mol. The number of fused-ring (bicyclic) bond motifs is 1. The number of hydrazone groups is 1. The van der Waals surface area contributed by atoms with Crippen molar-refractivity contribution in [2.75, 3.05) is 5.43 Å². The van der Waals surface area contributed by atoms with Crippen molar-refractivity contribution in [3.8, 4) is 0 Å². The lowest BCUT2D eigenvalue weighted by Gasteiger charge is -2.06. The van der Waals surface area contributed by atoms with Crippen molar-refractivity contribution in [2.24, 2.45) is 5.10 Å². The van der Waals surface area contributed by atoms with Crippen LogP contribution in [0.5, 0.6) is 0 Å². The van der Waals surface area contributed by atoms with Gasteiger partial charge in [0.25, 0.3) is 0 Å². The van der Waals surface area contributed by atoms with Gasteiger partial charge in [-0.25, -0.2) is 10.4 Å². The minimum absolute atomic E-state index is 0.598. The molecule has 4 aromatic rings. The second-order valence-corrected chi connectivity index (χ2v) is 5.26. The lowest BCUT2D eigenvalue weighted by atomic mass is 10.1. The Hall–Kier alpha value is -3.47. The average Bonchev–Trinajstić information content (AvgIpc) is 3.07. The molecule has 0 saturated heterocycles. The molecule has 0 spiro atoms. The van der Waals surface area contributed by atoms with E-state index in [0.717, 1.165) is 28.0 Å². The maximum atomic E-state index is 4.54. The highest BCUT2D eigenvalue weighted by atomic mass is 15.4. The van der Waals surface area contributed by atoms with E-state index in [1.165, 1.54) is 0 Å². The number of rotatable bonds is 4. The first-order chi connectivity index (χ1) is 11.9. The summed E-state index contributed by atoms with van der Waals surface area (Å²) >= 11 is 0. The molecule has 116 valence electrons. The van der Waals surface area contributed by atoms with Gasteiger partial charge >= 0.3 is 0 Å². The van der Waals surface area contributed by atoms with Crippen molar-refractivity contribution in [3.05, 3.63) is 90.3 Å². The van der Waals surface area contributed by atoms with Crippen LogP contribution in [0.3, 0.4) is 0 Å². The summed E-state index contributed by atoms with van der Waals surface area (Å²) in [5, 5.41) is 4.54. The van der Waals surface area contributed by atoms with E-state index in [0.29, 0.717) is 5.95 Å². The summed E-state index contributed by atoms with van der Waals surface area (Å²) in [4.78, 5) is 12.1. The van der Waals surface area contributed by atoms with Crippen LogP contribution in [0, 0.1) is 0 Å². The number of para-hydroxylation sites is 2. The molecule has 0 aliphatic rings. The maximum Gasteiger partial charge on any atom is 0.222 e. The van der Waals surface area contributed by atoms with Crippen LogP contribution in [0.2, 0.25) is 0 Å². The topological polar surface area (TPSA) is 66.0 Å². The summed E-state index contributed by atoms with van der Waals surface area (Å²) in [5.41, 5.74) is 7.42. The van der Waals surface area contributed by atoms with Gasteiger partial charge in [0.1, 0.15) is 5.71 Å². The fraction of sp³-hybridized carbons (Fsp3) is 0. The zero-order valence-electron chi connectivity index (χ0n) is 12.8. The maximum absolute atomic E-state index is 4.54. The second kappa shape index (κ2) is 6.34. The monoisotopic (exact) mass is 313 g/mol. The number of nitrogens with one attached hydrogen (secondary N) is 2. The van der Waals surface area contributed by atoms with Crippen LogP contribution < -0.4 is 5.43 Å². The fourth-order valence-electron chi connectivity index (χ4n) is 2.48. The first kappa shape index (κ1) is 14.1. The zero-order valence-corrected chi connectivity index (χ0v) is 12.8. The van der Waals surface area contributed by atoms with E-state index in [-0.39, 0.29) is 0 Å². The molecule has 0 aliphatic heterocycles. The molecule has 0 atom stereocenters. The molecule has 4 rings (SSSR count). The lowest BCUT2D eigenvalue weighted by molar-refractivity contribution is 1.19. The SMILES string of the molecule is c1ccc(C(=NNc2nc3ccccc3[nH]2)c2ccccn2)cc1. The van der Waals surface area contributed by atoms with Crippen molar-refractivity contribution in [1.82, 2.24) is 15.0 Å². The van der Waals surface area contributed by atoms with Crippen LogP contribution in [0.25, 0.3) is 11.0 Å². The van der Waals surface area contributed by atoms with Gasteiger partial charge in [-0.05, 0) is 24.3 Å². The number of pyridine rings is 1. The summed E-state index contributed by atoms with van der Waals surface area (Å²) in [6.45, 7) is 0. The summed E-state index contributed by atoms with van der Waals surface area (Å²) in [6, 6.07) is 23.6. The highest BCUT2D eigenvalue weighted by Gasteiger charge is 2.08. The van der Waals surface area contributed by atoms with E-state index in [4.69, 9.17) is 0 Å². The minimum atomic E-state index is 0.598. The molecular formula is C19H15N5. The van der Waals surface area contributed by atoms with Gasteiger partial charge in [-0.3, -0.25) is 4.98 Å². The molecule has 2 aromatic heterocycles. The van der Waals surface area contributed by atoms with Crippen molar-refractivity contribution in [3.63, 3.8) is 0 Å². The van der Waals surface area contributed by atoms with Gasteiger partial charge in [0.15, 0.2) is 0 Å². The Bertz CT molecular complexity index is 900. The van der Waals surface area contributed by atoms with Gasteiger partial charge in [-0.15, -0.1) is 0 Å². The summed E-state index contributed by atoms with van der Waals surface area (Å²) < 4.78 is 0. The van der Waals surface area contributed by atoms with Crippen molar-refractivity contribution in [1.29, 1.82) is 0 Å². The van der Waals surface area contributed by atoms with Crippen LogP contribution in [-0.4, -0.2) is 20.7 Å². The predicted molar refractivity (Wildman–Crippen MR) is 96.0 cm³/mol. The zero-order chi connectivity index (χ0) is 16.2. The summed E-state index contributed by atoms with van der Waals surface area (Å²) in [5.74, 6) is 0.598. The molecule has 0 amide bonds. The van der Waals surface area contributed by atoms with E-state index < -0.39 is 0 Å². The Morgan fingerprint density at radius 2 is 1.67 bits per heavy atom.